The van der Waals surface area contributed by atoms with Gasteiger partial charge in [0.15, 0.2) is 0 Å². The molecular weight excluding hydrogens is 427 g/mol. The number of amides is 1. The molecule has 5 rings (SSSR count). The van der Waals surface area contributed by atoms with E-state index in [0.717, 1.165) is 15.2 Å². The Bertz CT molecular complexity index is 1230. The minimum Gasteiger partial charge on any atom is -0.368 e. The molecule has 2 aromatic carbocycles. The fourth-order valence-electron chi connectivity index (χ4n) is 3.78. The molecule has 0 spiro atoms. The lowest BCUT2D eigenvalue weighted by Crippen LogP contribution is -2.42. The predicted octanol–water partition coefficient (Wildman–Crippen LogP) is 4.43. The van der Waals surface area contributed by atoms with Crippen molar-refractivity contribution in [3.8, 4) is 11.3 Å². The Hall–Kier alpha value is -3.23. The molecule has 0 aliphatic carbocycles. The Morgan fingerprint density at radius 3 is 2.94 bits per heavy atom. The van der Waals surface area contributed by atoms with E-state index < -0.39 is 0 Å². The molecule has 1 fully saturated rings. The van der Waals surface area contributed by atoms with Crippen LogP contribution in [-0.4, -0.2) is 45.5 Å². The standard InChI is InChI=1S/C24H21FN4O2S/c25-17-5-3-4-16(12-17)19-13-26-14-20(27-19)21-15-29(10-11-31-21)24(30)9-8-23-28-18-6-1-2-7-22(18)32-23/h1-7,12-14,21H,8-11,15H2/t21-/m0/s1. The second kappa shape index (κ2) is 9.10. The summed E-state index contributed by atoms with van der Waals surface area (Å²) in [5.74, 6) is -0.250. The number of hydrogen-bond acceptors (Lipinski definition) is 6. The van der Waals surface area contributed by atoms with Crippen LogP contribution in [0.3, 0.4) is 0 Å². The number of hydrogen-bond donors (Lipinski definition) is 0. The Morgan fingerprint density at radius 2 is 2.06 bits per heavy atom. The number of aryl methyl sites for hydroxylation is 1. The van der Waals surface area contributed by atoms with Crippen molar-refractivity contribution in [3.63, 3.8) is 0 Å². The van der Waals surface area contributed by atoms with Crippen molar-refractivity contribution < 1.29 is 13.9 Å². The van der Waals surface area contributed by atoms with Gasteiger partial charge in [0.25, 0.3) is 0 Å². The maximum absolute atomic E-state index is 13.6. The molecule has 0 saturated carbocycles. The van der Waals surface area contributed by atoms with E-state index in [1.807, 2.05) is 29.2 Å². The number of carbonyl (C=O) groups excluding carboxylic acids is 1. The number of ether oxygens (including phenoxy) is 1. The highest BCUT2D eigenvalue weighted by Crippen LogP contribution is 2.25. The van der Waals surface area contributed by atoms with Crippen LogP contribution in [0.25, 0.3) is 21.5 Å². The molecule has 1 atom stereocenters. The Labute approximate surface area is 188 Å². The predicted molar refractivity (Wildman–Crippen MR) is 121 cm³/mol. The van der Waals surface area contributed by atoms with Crippen molar-refractivity contribution in [2.24, 2.45) is 0 Å². The second-order valence-corrected chi connectivity index (χ2v) is 8.73. The Balaban J connectivity index is 1.25. The van der Waals surface area contributed by atoms with Gasteiger partial charge in [0.2, 0.25) is 5.91 Å². The van der Waals surface area contributed by atoms with Gasteiger partial charge in [-0.25, -0.2) is 14.4 Å². The molecular formula is C24H21FN4O2S. The fourth-order valence-corrected chi connectivity index (χ4v) is 4.74. The number of nitrogens with zero attached hydrogens (tertiary/aromatic N) is 4. The van der Waals surface area contributed by atoms with Gasteiger partial charge < -0.3 is 9.64 Å². The van der Waals surface area contributed by atoms with Crippen LogP contribution in [0.2, 0.25) is 0 Å². The molecule has 0 unspecified atom stereocenters. The van der Waals surface area contributed by atoms with Crippen LogP contribution in [0, 0.1) is 5.82 Å². The molecule has 1 amide bonds. The normalized spacial score (nSPS) is 16.4. The molecule has 2 aromatic heterocycles. The summed E-state index contributed by atoms with van der Waals surface area (Å²) in [5, 5.41) is 0.970. The first-order chi connectivity index (χ1) is 15.7. The van der Waals surface area contributed by atoms with Crippen molar-refractivity contribution in [1.82, 2.24) is 19.9 Å². The average molecular weight is 449 g/mol. The summed E-state index contributed by atoms with van der Waals surface area (Å²) >= 11 is 1.63. The molecule has 8 heteroatoms. The molecule has 0 radical (unpaired) electrons. The van der Waals surface area contributed by atoms with Crippen molar-refractivity contribution >= 4 is 27.5 Å². The van der Waals surface area contributed by atoms with Gasteiger partial charge in [-0.2, -0.15) is 0 Å². The summed E-state index contributed by atoms with van der Waals surface area (Å²) in [6.45, 7) is 1.40. The summed E-state index contributed by atoms with van der Waals surface area (Å²) in [6, 6.07) is 14.2. The largest absolute Gasteiger partial charge is 0.368 e. The summed E-state index contributed by atoms with van der Waals surface area (Å²) in [5.41, 5.74) is 2.84. The Kier molecular flexibility index (Phi) is 5.87. The molecule has 162 valence electrons. The highest BCUT2D eigenvalue weighted by atomic mass is 32.1. The number of morpholine rings is 1. The lowest BCUT2D eigenvalue weighted by Gasteiger charge is -2.32. The topological polar surface area (TPSA) is 68.2 Å². The highest BCUT2D eigenvalue weighted by molar-refractivity contribution is 7.18. The van der Waals surface area contributed by atoms with Crippen LogP contribution in [0.1, 0.15) is 23.2 Å². The Morgan fingerprint density at radius 1 is 1.16 bits per heavy atom. The van der Waals surface area contributed by atoms with Crippen LogP contribution < -0.4 is 0 Å². The zero-order valence-corrected chi connectivity index (χ0v) is 18.1. The van der Waals surface area contributed by atoms with E-state index >= 15 is 0 Å². The quantitative estimate of drug-likeness (QED) is 0.452. The van der Waals surface area contributed by atoms with Crippen molar-refractivity contribution in [2.45, 2.75) is 18.9 Å². The average Bonchev–Trinajstić information content (AvgIpc) is 3.26. The third kappa shape index (κ3) is 4.51. The van der Waals surface area contributed by atoms with Gasteiger partial charge in [0.1, 0.15) is 11.9 Å². The van der Waals surface area contributed by atoms with E-state index in [0.29, 0.717) is 49.5 Å². The van der Waals surface area contributed by atoms with Gasteiger partial charge in [-0.15, -0.1) is 11.3 Å². The molecule has 0 bridgehead atoms. The minimum atomic E-state index is -0.365. The smallest absolute Gasteiger partial charge is 0.223 e. The zero-order chi connectivity index (χ0) is 21.9. The number of halogens is 1. The summed E-state index contributed by atoms with van der Waals surface area (Å²) < 4.78 is 20.6. The van der Waals surface area contributed by atoms with Gasteiger partial charge >= 0.3 is 0 Å². The lowest BCUT2D eigenvalue weighted by molar-refractivity contribution is -0.139. The summed E-state index contributed by atoms with van der Waals surface area (Å²) in [7, 11) is 0. The van der Waals surface area contributed by atoms with E-state index in [4.69, 9.17) is 4.74 Å². The van der Waals surface area contributed by atoms with E-state index in [1.165, 1.54) is 12.1 Å². The first-order valence-electron chi connectivity index (χ1n) is 10.5. The second-order valence-electron chi connectivity index (χ2n) is 7.61. The van der Waals surface area contributed by atoms with Crippen LogP contribution in [0.4, 0.5) is 4.39 Å². The number of thiazole rings is 1. The summed E-state index contributed by atoms with van der Waals surface area (Å²) in [6.07, 6.45) is 3.90. The van der Waals surface area contributed by atoms with E-state index in [1.54, 1.807) is 35.9 Å². The molecule has 4 aromatic rings. The van der Waals surface area contributed by atoms with Crippen LogP contribution >= 0.6 is 11.3 Å². The van der Waals surface area contributed by atoms with Crippen molar-refractivity contribution in [2.75, 3.05) is 19.7 Å². The lowest BCUT2D eigenvalue weighted by atomic mass is 10.1. The van der Waals surface area contributed by atoms with Gasteiger partial charge in [0.05, 0.1) is 52.2 Å². The minimum absolute atomic E-state index is 0.0757. The van der Waals surface area contributed by atoms with E-state index in [9.17, 15) is 9.18 Å². The number of carbonyl (C=O) groups is 1. The number of benzene rings is 2. The van der Waals surface area contributed by atoms with Gasteiger partial charge in [-0.3, -0.25) is 9.78 Å². The SMILES string of the molecule is O=C(CCc1nc2ccccc2s1)N1CCO[C@H](c2cncc(-c3cccc(F)c3)n2)C1. The molecule has 3 heterocycles. The van der Waals surface area contributed by atoms with Gasteiger partial charge in [0, 0.05) is 24.9 Å². The molecule has 0 N–H and O–H groups in total. The first kappa shape index (κ1) is 20.7. The van der Waals surface area contributed by atoms with Crippen LogP contribution in [0.15, 0.2) is 60.9 Å². The van der Waals surface area contributed by atoms with Gasteiger partial charge in [-0.1, -0.05) is 24.3 Å². The number of rotatable bonds is 5. The van der Waals surface area contributed by atoms with Crippen LogP contribution in [-0.2, 0) is 16.0 Å². The molecule has 1 saturated heterocycles. The maximum atomic E-state index is 13.6. The monoisotopic (exact) mass is 448 g/mol. The van der Waals surface area contributed by atoms with E-state index in [2.05, 4.69) is 15.0 Å². The summed E-state index contributed by atoms with van der Waals surface area (Å²) in [4.78, 5) is 28.2. The first-order valence-corrected chi connectivity index (χ1v) is 11.3. The number of para-hydroxylation sites is 1. The number of aromatic nitrogens is 3. The molecule has 32 heavy (non-hydrogen) atoms. The molecule has 6 nitrogen and oxygen atoms in total. The van der Waals surface area contributed by atoms with E-state index in [-0.39, 0.29) is 17.8 Å². The molecule has 1 aliphatic heterocycles. The maximum Gasteiger partial charge on any atom is 0.223 e. The van der Waals surface area contributed by atoms with Crippen molar-refractivity contribution in [3.05, 3.63) is 77.4 Å². The zero-order valence-electron chi connectivity index (χ0n) is 17.3. The third-order valence-corrected chi connectivity index (χ3v) is 6.51. The van der Waals surface area contributed by atoms with Crippen LogP contribution in [0.5, 0.6) is 0 Å². The number of fused-ring (bicyclic) bond motifs is 1. The third-order valence-electron chi connectivity index (χ3n) is 5.41. The van der Waals surface area contributed by atoms with Crippen molar-refractivity contribution in [1.29, 1.82) is 0 Å². The molecule has 1 aliphatic rings. The van der Waals surface area contributed by atoms with Gasteiger partial charge in [-0.05, 0) is 24.3 Å². The highest BCUT2D eigenvalue weighted by Gasteiger charge is 2.27. The fraction of sp³-hybridized carbons (Fsp3) is 0.250.